The molecule has 0 saturated heterocycles. The Morgan fingerprint density at radius 1 is 1.50 bits per heavy atom. The van der Waals surface area contributed by atoms with Crippen LogP contribution in [-0.2, 0) is 0 Å². The average Bonchev–Trinajstić information content (AvgIpc) is 1.86. The van der Waals surface area contributed by atoms with Crippen molar-refractivity contribution in [2.24, 2.45) is 5.41 Å². The fourth-order valence-corrected chi connectivity index (χ4v) is 1.20. The van der Waals surface area contributed by atoms with Crippen molar-refractivity contribution in [3.8, 4) is 0 Å². The second-order valence-corrected chi connectivity index (χ2v) is 3.22. The Morgan fingerprint density at radius 3 is 2.25 bits per heavy atom. The molecule has 8 heavy (non-hydrogen) atoms. The first-order valence-corrected chi connectivity index (χ1v) is 3.21. The Balaban J connectivity index is 2.68. The molecule has 0 spiro atoms. The summed E-state index contributed by atoms with van der Waals surface area (Å²) < 4.78 is 0. The van der Waals surface area contributed by atoms with E-state index in [-0.39, 0.29) is 5.41 Å². The summed E-state index contributed by atoms with van der Waals surface area (Å²) in [5.74, 6) is 0. The molecule has 0 aromatic heterocycles. The predicted octanol–water partition coefficient (Wildman–Crippen LogP) is 2.22. The van der Waals surface area contributed by atoms with Crippen molar-refractivity contribution in [3.63, 3.8) is 0 Å². The summed E-state index contributed by atoms with van der Waals surface area (Å²) >= 11 is 0. The van der Waals surface area contributed by atoms with E-state index < -0.39 is 0 Å². The standard InChI is InChI=1S/C7H13N/c1-7(2)5-3-4-6(7)8/h8H,3-5H2,1-2H3. The third-order valence-corrected chi connectivity index (χ3v) is 2.05. The van der Waals surface area contributed by atoms with Crippen molar-refractivity contribution in [1.82, 2.24) is 0 Å². The van der Waals surface area contributed by atoms with Crippen molar-refractivity contribution in [2.75, 3.05) is 0 Å². The molecule has 0 amide bonds. The zero-order chi connectivity index (χ0) is 6.20. The van der Waals surface area contributed by atoms with E-state index in [9.17, 15) is 0 Å². The normalized spacial score (nSPS) is 26.5. The molecule has 0 radical (unpaired) electrons. The molecule has 0 unspecified atom stereocenters. The zero-order valence-electron chi connectivity index (χ0n) is 5.62. The lowest BCUT2D eigenvalue weighted by atomic mass is 9.90. The SMILES string of the molecule is CC1(C)CCCC1=N. The van der Waals surface area contributed by atoms with Gasteiger partial charge in [-0.15, -0.1) is 0 Å². The minimum Gasteiger partial charge on any atom is -0.309 e. The van der Waals surface area contributed by atoms with E-state index in [0.717, 1.165) is 12.1 Å². The van der Waals surface area contributed by atoms with Gasteiger partial charge in [0.05, 0.1) is 0 Å². The van der Waals surface area contributed by atoms with Gasteiger partial charge in [-0.2, -0.15) is 0 Å². The third-order valence-electron chi connectivity index (χ3n) is 2.05. The van der Waals surface area contributed by atoms with Gasteiger partial charge in [-0.25, -0.2) is 0 Å². The van der Waals surface area contributed by atoms with Gasteiger partial charge in [0.2, 0.25) is 0 Å². The van der Waals surface area contributed by atoms with E-state index in [1.165, 1.54) is 12.8 Å². The molecule has 0 atom stereocenters. The van der Waals surface area contributed by atoms with Gasteiger partial charge in [0, 0.05) is 11.1 Å². The van der Waals surface area contributed by atoms with Crippen molar-refractivity contribution in [2.45, 2.75) is 33.1 Å². The number of hydrogen-bond donors (Lipinski definition) is 1. The Morgan fingerprint density at radius 2 is 2.12 bits per heavy atom. The molecule has 1 nitrogen and oxygen atoms in total. The molecule has 0 aromatic rings. The van der Waals surface area contributed by atoms with Gasteiger partial charge in [-0.3, -0.25) is 0 Å². The molecular formula is C7H13N. The number of rotatable bonds is 0. The molecular weight excluding hydrogens is 98.1 g/mol. The summed E-state index contributed by atoms with van der Waals surface area (Å²) in [4.78, 5) is 0. The Kier molecular flexibility index (Phi) is 1.14. The quantitative estimate of drug-likeness (QED) is 0.495. The fraction of sp³-hybridized carbons (Fsp3) is 0.857. The van der Waals surface area contributed by atoms with Gasteiger partial charge in [-0.1, -0.05) is 13.8 Å². The Labute approximate surface area is 50.6 Å². The molecule has 1 aliphatic rings. The lowest BCUT2D eigenvalue weighted by Crippen LogP contribution is -2.14. The summed E-state index contributed by atoms with van der Waals surface area (Å²) in [6.07, 6.45) is 3.48. The Hall–Kier alpha value is -0.330. The van der Waals surface area contributed by atoms with E-state index >= 15 is 0 Å². The molecule has 46 valence electrons. The topological polar surface area (TPSA) is 23.9 Å². The van der Waals surface area contributed by atoms with Crippen LogP contribution in [0.3, 0.4) is 0 Å². The minimum atomic E-state index is 0.236. The van der Waals surface area contributed by atoms with Gasteiger partial charge in [0.25, 0.3) is 0 Å². The molecule has 1 rings (SSSR count). The molecule has 0 aliphatic heterocycles. The first-order chi connectivity index (χ1) is 3.63. The molecule has 0 aromatic carbocycles. The van der Waals surface area contributed by atoms with Crippen LogP contribution in [0.15, 0.2) is 0 Å². The van der Waals surface area contributed by atoms with Gasteiger partial charge < -0.3 is 5.41 Å². The van der Waals surface area contributed by atoms with Crippen LogP contribution >= 0.6 is 0 Å². The summed E-state index contributed by atoms with van der Waals surface area (Å²) in [7, 11) is 0. The summed E-state index contributed by atoms with van der Waals surface area (Å²) in [6, 6.07) is 0. The highest BCUT2D eigenvalue weighted by molar-refractivity contribution is 5.88. The van der Waals surface area contributed by atoms with Crippen molar-refractivity contribution < 1.29 is 0 Å². The lowest BCUT2D eigenvalue weighted by molar-refractivity contribution is 0.510. The molecule has 1 saturated carbocycles. The second kappa shape index (κ2) is 1.57. The molecule has 1 heteroatoms. The van der Waals surface area contributed by atoms with E-state index in [1.54, 1.807) is 0 Å². The predicted molar refractivity (Wildman–Crippen MR) is 35.4 cm³/mol. The molecule has 1 fully saturated rings. The largest absolute Gasteiger partial charge is 0.309 e. The first-order valence-electron chi connectivity index (χ1n) is 3.21. The Bertz CT molecular complexity index is 114. The lowest BCUT2D eigenvalue weighted by Gasteiger charge is -2.15. The second-order valence-electron chi connectivity index (χ2n) is 3.22. The van der Waals surface area contributed by atoms with Crippen LogP contribution in [0.5, 0.6) is 0 Å². The molecule has 0 heterocycles. The smallest absolute Gasteiger partial charge is 0.0145 e. The van der Waals surface area contributed by atoms with Gasteiger partial charge in [0.15, 0.2) is 0 Å². The van der Waals surface area contributed by atoms with E-state index in [1.807, 2.05) is 0 Å². The highest BCUT2D eigenvalue weighted by atomic mass is 14.5. The van der Waals surface area contributed by atoms with Gasteiger partial charge in [0.1, 0.15) is 0 Å². The maximum atomic E-state index is 7.45. The maximum Gasteiger partial charge on any atom is 0.0145 e. The minimum absolute atomic E-state index is 0.236. The molecule has 1 N–H and O–H groups in total. The average molecular weight is 111 g/mol. The van der Waals surface area contributed by atoms with Crippen LogP contribution in [0.25, 0.3) is 0 Å². The zero-order valence-corrected chi connectivity index (χ0v) is 5.62. The highest BCUT2D eigenvalue weighted by Gasteiger charge is 2.28. The molecule has 1 aliphatic carbocycles. The number of nitrogens with one attached hydrogen (secondary N) is 1. The summed E-state index contributed by atoms with van der Waals surface area (Å²) in [5, 5.41) is 7.45. The van der Waals surface area contributed by atoms with Crippen LogP contribution in [0.1, 0.15) is 33.1 Å². The van der Waals surface area contributed by atoms with E-state index in [2.05, 4.69) is 13.8 Å². The van der Waals surface area contributed by atoms with Crippen molar-refractivity contribution in [3.05, 3.63) is 0 Å². The van der Waals surface area contributed by atoms with Crippen LogP contribution < -0.4 is 0 Å². The fourth-order valence-electron chi connectivity index (χ4n) is 1.20. The number of hydrogen-bond acceptors (Lipinski definition) is 1. The maximum absolute atomic E-state index is 7.45. The van der Waals surface area contributed by atoms with Gasteiger partial charge in [-0.05, 0) is 19.3 Å². The van der Waals surface area contributed by atoms with E-state index in [0.29, 0.717) is 0 Å². The van der Waals surface area contributed by atoms with Crippen LogP contribution in [0.2, 0.25) is 0 Å². The van der Waals surface area contributed by atoms with Gasteiger partial charge >= 0.3 is 0 Å². The summed E-state index contributed by atoms with van der Waals surface area (Å²) in [6.45, 7) is 4.31. The highest BCUT2D eigenvalue weighted by Crippen LogP contribution is 2.33. The monoisotopic (exact) mass is 111 g/mol. The van der Waals surface area contributed by atoms with E-state index in [4.69, 9.17) is 5.41 Å². The third kappa shape index (κ3) is 0.770. The van der Waals surface area contributed by atoms with Crippen LogP contribution in [0, 0.1) is 10.8 Å². The van der Waals surface area contributed by atoms with Crippen LogP contribution in [-0.4, -0.2) is 5.71 Å². The van der Waals surface area contributed by atoms with Crippen molar-refractivity contribution >= 4 is 5.71 Å². The first kappa shape index (κ1) is 5.80. The van der Waals surface area contributed by atoms with Crippen LogP contribution in [0.4, 0.5) is 0 Å². The summed E-state index contributed by atoms with van der Waals surface area (Å²) in [5.41, 5.74) is 1.18. The van der Waals surface area contributed by atoms with Crippen molar-refractivity contribution in [1.29, 1.82) is 5.41 Å². The molecule has 0 bridgehead atoms.